The molecule has 8 heteroatoms. The Labute approximate surface area is 145 Å². The summed E-state index contributed by atoms with van der Waals surface area (Å²) in [7, 11) is 0. The summed E-state index contributed by atoms with van der Waals surface area (Å²) in [6.45, 7) is 2.68. The lowest BCUT2D eigenvalue weighted by atomic mass is 10.1. The molecule has 0 aliphatic carbocycles. The van der Waals surface area contributed by atoms with Gasteiger partial charge in [-0.05, 0) is 37.5 Å². The number of nitrogens with two attached hydrogens (primary N) is 1. The van der Waals surface area contributed by atoms with E-state index in [1.807, 2.05) is 31.2 Å². The van der Waals surface area contributed by atoms with Gasteiger partial charge in [-0.3, -0.25) is 9.59 Å². The van der Waals surface area contributed by atoms with Crippen LogP contribution in [0.15, 0.2) is 30.5 Å². The number of nitrogens with one attached hydrogen (secondary N) is 1. The van der Waals surface area contributed by atoms with Gasteiger partial charge in [0.25, 0.3) is 5.91 Å². The van der Waals surface area contributed by atoms with E-state index in [0.29, 0.717) is 6.42 Å². The molecule has 3 rings (SSSR count). The van der Waals surface area contributed by atoms with Gasteiger partial charge < -0.3 is 15.8 Å². The molecule has 1 aromatic carbocycles. The molecule has 132 valence electrons. The average Bonchev–Trinajstić information content (AvgIpc) is 3.26. The fraction of sp³-hybridized carbons (Fsp3) is 0.412. The van der Waals surface area contributed by atoms with Crippen molar-refractivity contribution in [3.05, 3.63) is 41.7 Å². The van der Waals surface area contributed by atoms with Gasteiger partial charge in [-0.2, -0.15) is 0 Å². The van der Waals surface area contributed by atoms with Crippen LogP contribution in [0.3, 0.4) is 0 Å². The minimum absolute atomic E-state index is 0.00847. The summed E-state index contributed by atoms with van der Waals surface area (Å²) in [6.07, 6.45) is 3.89. The molecule has 2 heterocycles. The molecule has 2 aromatic rings. The van der Waals surface area contributed by atoms with Crippen molar-refractivity contribution in [1.29, 1.82) is 0 Å². The van der Waals surface area contributed by atoms with Crippen molar-refractivity contribution in [3.63, 3.8) is 0 Å². The Hall–Kier alpha value is -2.74. The normalized spacial score (nSPS) is 18.0. The second kappa shape index (κ2) is 7.43. The van der Waals surface area contributed by atoms with Crippen molar-refractivity contribution in [2.24, 2.45) is 5.73 Å². The Bertz CT molecular complexity index is 750. The van der Waals surface area contributed by atoms with E-state index >= 15 is 0 Å². The maximum absolute atomic E-state index is 12.1. The van der Waals surface area contributed by atoms with Crippen LogP contribution in [-0.2, 0) is 9.53 Å². The van der Waals surface area contributed by atoms with E-state index in [1.165, 1.54) is 10.9 Å². The average molecular weight is 343 g/mol. The Morgan fingerprint density at radius 3 is 2.76 bits per heavy atom. The zero-order valence-corrected chi connectivity index (χ0v) is 14.0. The number of primary amides is 1. The van der Waals surface area contributed by atoms with E-state index in [0.717, 1.165) is 30.7 Å². The van der Waals surface area contributed by atoms with E-state index in [2.05, 4.69) is 15.6 Å². The molecule has 1 aromatic heterocycles. The Morgan fingerprint density at radius 2 is 2.16 bits per heavy atom. The van der Waals surface area contributed by atoms with Gasteiger partial charge in [0.15, 0.2) is 5.69 Å². The molecule has 1 saturated heterocycles. The van der Waals surface area contributed by atoms with Gasteiger partial charge in [0.05, 0.1) is 30.5 Å². The minimum Gasteiger partial charge on any atom is -0.378 e. The first-order valence-corrected chi connectivity index (χ1v) is 8.26. The van der Waals surface area contributed by atoms with Crippen LogP contribution in [-0.4, -0.2) is 39.5 Å². The second-order valence-corrected chi connectivity index (χ2v) is 6.13. The lowest BCUT2D eigenvalue weighted by Crippen LogP contribution is -2.29. The van der Waals surface area contributed by atoms with Crippen LogP contribution in [0, 0.1) is 0 Å². The first-order chi connectivity index (χ1) is 12.0. The number of ether oxygens (including phenoxy) is 1. The third-order valence-electron chi connectivity index (χ3n) is 4.22. The van der Waals surface area contributed by atoms with Gasteiger partial charge in [0.2, 0.25) is 5.91 Å². The summed E-state index contributed by atoms with van der Waals surface area (Å²) in [5.74, 6) is -0.628. The number of aromatic nitrogens is 3. The smallest absolute Gasteiger partial charge is 0.270 e. The molecule has 3 N–H and O–H groups in total. The van der Waals surface area contributed by atoms with E-state index in [9.17, 15) is 9.59 Å². The molecule has 2 amide bonds. The van der Waals surface area contributed by atoms with Crippen molar-refractivity contribution < 1.29 is 14.3 Å². The van der Waals surface area contributed by atoms with Crippen LogP contribution >= 0.6 is 0 Å². The van der Waals surface area contributed by atoms with E-state index < -0.39 is 5.91 Å². The molecular weight excluding hydrogens is 322 g/mol. The summed E-state index contributed by atoms with van der Waals surface area (Å²) in [4.78, 5) is 23.2. The number of nitrogens with zero attached hydrogens (tertiary/aromatic N) is 3. The first-order valence-electron chi connectivity index (χ1n) is 8.26. The lowest BCUT2D eigenvalue weighted by molar-refractivity contribution is -0.123. The van der Waals surface area contributed by atoms with Gasteiger partial charge in [0, 0.05) is 6.61 Å². The summed E-state index contributed by atoms with van der Waals surface area (Å²) >= 11 is 0. The fourth-order valence-electron chi connectivity index (χ4n) is 2.81. The zero-order chi connectivity index (χ0) is 17.8. The molecule has 0 radical (unpaired) electrons. The van der Waals surface area contributed by atoms with Crippen LogP contribution in [0.4, 0.5) is 0 Å². The van der Waals surface area contributed by atoms with Crippen LogP contribution in [0.1, 0.15) is 48.3 Å². The predicted octanol–water partition coefficient (Wildman–Crippen LogP) is 1.11. The van der Waals surface area contributed by atoms with E-state index in [4.69, 9.17) is 10.5 Å². The molecule has 8 nitrogen and oxygen atoms in total. The molecule has 1 fully saturated rings. The third kappa shape index (κ3) is 4.21. The van der Waals surface area contributed by atoms with E-state index in [-0.39, 0.29) is 23.7 Å². The van der Waals surface area contributed by atoms with Gasteiger partial charge in [-0.1, -0.05) is 17.3 Å². The van der Waals surface area contributed by atoms with E-state index in [1.54, 1.807) is 0 Å². The largest absolute Gasteiger partial charge is 0.378 e. The number of carbonyl (C=O) groups excluding carboxylic acids is 2. The highest BCUT2D eigenvalue weighted by Crippen LogP contribution is 2.18. The summed E-state index contributed by atoms with van der Waals surface area (Å²) in [5.41, 5.74) is 7.00. The molecular formula is C17H21N5O3. The van der Waals surface area contributed by atoms with Crippen LogP contribution in [0.2, 0.25) is 0 Å². The van der Waals surface area contributed by atoms with Crippen molar-refractivity contribution >= 4 is 11.8 Å². The molecule has 0 spiro atoms. The molecule has 2 atom stereocenters. The standard InChI is InChI=1S/C17H21N5O3/c1-11(19-16(23)9-14-3-2-8-25-14)12-4-6-13(7-5-12)22-10-15(17(18)24)20-21-22/h4-7,10-11,14H,2-3,8-9H2,1H3,(H2,18,24)(H,19,23)/t11-,14+/m1/s1. The van der Waals surface area contributed by atoms with Crippen molar-refractivity contribution in [1.82, 2.24) is 20.3 Å². The van der Waals surface area contributed by atoms with Crippen molar-refractivity contribution in [3.8, 4) is 5.69 Å². The highest BCUT2D eigenvalue weighted by Gasteiger charge is 2.20. The lowest BCUT2D eigenvalue weighted by Gasteiger charge is -2.16. The van der Waals surface area contributed by atoms with Crippen LogP contribution in [0.5, 0.6) is 0 Å². The number of hydrogen-bond acceptors (Lipinski definition) is 5. The highest BCUT2D eigenvalue weighted by atomic mass is 16.5. The summed E-state index contributed by atoms with van der Waals surface area (Å²) in [5, 5.41) is 10.6. The number of benzene rings is 1. The summed E-state index contributed by atoms with van der Waals surface area (Å²) in [6, 6.07) is 7.38. The highest BCUT2D eigenvalue weighted by molar-refractivity contribution is 5.90. The Kier molecular flexibility index (Phi) is 5.08. The monoisotopic (exact) mass is 343 g/mol. The zero-order valence-electron chi connectivity index (χ0n) is 14.0. The fourth-order valence-corrected chi connectivity index (χ4v) is 2.81. The van der Waals surface area contributed by atoms with Gasteiger partial charge in [-0.25, -0.2) is 4.68 Å². The van der Waals surface area contributed by atoms with Crippen molar-refractivity contribution in [2.45, 2.75) is 38.3 Å². The number of amides is 2. The topological polar surface area (TPSA) is 112 Å². The predicted molar refractivity (Wildman–Crippen MR) is 90.0 cm³/mol. The molecule has 1 aliphatic rings. The van der Waals surface area contributed by atoms with Gasteiger partial charge in [-0.15, -0.1) is 5.10 Å². The Balaban J connectivity index is 1.60. The Morgan fingerprint density at radius 1 is 1.40 bits per heavy atom. The minimum atomic E-state index is -0.620. The molecule has 25 heavy (non-hydrogen) atoms. The SMILES string of the molecule is C[C@@H](NC(=O)C[C@@H]1CCCO1)c1ccc(-n2cc(C(N)=O)nn2)cc1. The third-order valence-corrected chi connectivity index (χ3v) is 4.22. The molecule has 0 unspecified atom stereocenters. The van der Waals surface area contributed by atoms with Gasteiger partial charge in [0.1, 0.15) is 0 Å². The van der Waals surface area contributed by atoms with Crippen LogP contribution < -0.4 is 11.1 Å². The molecule has 0 saturated carbocycles. The van der Waals surface area contributed by atoms with Crippen molar-refractivity contribution in [2.75, 3.05) is 6.61 Å². The quantitative estimate of drug-likeness (QED) is 0.816. The second-order valence-electron chi connectivity index (χ2n) is 6.13. The number of hydrogen-bond donors (Lipinski definition) is 2. The molecule has 1 aliphatic heterocycles. The summed E-state index contributed by atoms with van der Waals surface area (Å²) < 4.78 is 6.96. The number of rotatable bonds is 6. The maximum Gasteiger partial charge on any atom is 0.270 e. The number of carbonyl (C=O) groups is 2. The maximum atomic E-state index is 12.1. The molecule has 0 bridgehead atoms. The van der Waals surface area contributed by atoms with Crippen LogP contribution in [0.25, 0.3) is 5.69 Å². The first kappa shape index (κ1) is 17.1. The van der Waals surface area contributed by atoms with Gasteiger partial charge >= 0.3 is 0 Å².